The SMILES string of the molecule is C=C(C(=O)c1ccc(/C=C/C(=O)O)cc1)c1ccccc1. The summed E-state index contributed by atoms with van der Waals surface area (Å²) in [6.45, 7) is 3.84. The molecular weight excluding hydrogens is 264 g/mol. The highest BCUT2D eigenvalue weighted by Gasteiger charge is 2.11. The molecule has 0 radical (unpaired) electrons. The van der Waals surface area contributed by atoms with E-state index in [-0.39, 0.29) is 5.78 Å². The number of rotatable bonds is 5. The molecule has 21 heavy (non-hydrogen) atoms. The van der Waals surface area contributed by atoms with Crippen molar-refractivity contribution in [3.05, 3.63) is 83.9 Å². The molecule has 2 rings (SSSR count). The fourth-order valence-electron chi connectivity index (χ4n) is 1.86. The second kappa shape index (κ2) is 6.48. The fraction of sp³-hybridized carbons (Fsp3) is 0. The van der Waals surface area contributed by atoms with E-state index in [0.29, 0.717) is 11.1 Å². The van der Waals surface area contributed by atoms with Crippen LogP contribution in [-0.2, 0) is 4.79 Å². The van der Waals surface area contributed by atoms with Crippen LogP contribution in [0.1, 0.15) is 21.5 Å². The number of carbonyl (C=O) groups is 2. The molecule has 0 atom stereocenters. The first kappa shape index (κ1) is 14.5. The fourth-order valence-corrected chi connectivity index (χ4v) is 1.86. The van der Waals surface area contributed by atoms with Gasteiger partial charge in [0, 0.05) is 17.2 Å². The summed E-state index contributed by atoms with van der Waals surface area (Å²) < 4.78 is 0. The second-order valence-electron chi connectivity index (χ2n) is 4.47. The lowest BCUT2D eigenvalue weighted by Gasteiger charge is -2.05. The van der Waals surface area contributed by atoms with Crippen LogP contribution in [-0.4, -0.2) is 16.9 Å². The van der Waals surface area contributed by atoms with E-state index in [1.807, 2.05) is 30.3 Å². The summed E-state index contributed by atoms with van der Waals surface area (Å²) in [4.78, 5) is 22.8. The molecule has 0 heterocycles. The summed E-state index contributed by atoms with van der Waals surface area (Å²) in [5.74, 6) is -1.15. The maximum atomic E-state index is 12.3. The largest absolute Gasteiger partial charge is 0.478 e. The normalized spacial score (nSPS) is 10.5. The van der Waals surface area contributed by atoms with Crippen molar-refractivity contribution in [2.24, 2.45) is 0 Å². The molecule has 3 nitrogen and oxygen atoms in total. The Labute approximate surface area is 122 Å². The summed E-state index contributed by atoms with van der Waals surface area (Å²) in [7, 11) is 0. The van der Waals surface area contributed by atoms with Crippen LogP contribution in [0.2, 0.25) is 0 Å². The molecule has 3 heteroatoms. The maximum Gasteiger partial charge on any atom is 0.328 e. The third-order valence-corrected chi connectivity index (χ3v) is 2.99. The highest BCUT2D eigenvalue weighted by atomic mass is 16.4. The van der Waals surface area contributed by atoms with Crippen LogP contribution in [0.25, 0.3) is 11.6 Å². The van der Waals surface area contributed by atoms with Crippen LogP contribution < -0.4 is 0 Å². The molecule has 0 spiro atoms. The minimum absolute atomic E-state index is 0.144. The third kappa shape index (κ3) is 3.76. The van der Waals surface area contributed by atoms with Gasteiger partial charge in [-0.05, 0) is 17.2 Å². The Bertz CT molecular complexity index is 695. The molecule has 0 saturated carbocycles. The number of hydrogen-bond acceptors (Lipinski definition) is 2. The summed E-state index contributed by atoms with van der Waals surface area (Å²) in [6.07, 6.45) is 2.53. The summed E-state index contributed by atoms with van der Waals surface area (Å²) in [6, 6.07) is 16.0. The molecule has 0 aliphatic carbocycles. The zero-order chi connectivity index (χ0) is 15.2. The number of carboxylic acid groups (broad SMARTS) is 1. The monoisotopic (exact) mass is 278 g/mol. The lowest BCUT2D eigenvalue weighted by Crippen LogP contribution is -2.01. The summed E-state index contributed by atoms with van der Waals surface area (Å²) >= 11 is 0. The van der Waals surface area contributed by atoms with Gasteiger partial charge in [-0.15, -0.1) is 0 Å². The number of carbonyl (C=O) groups excluding carboxylic acids is 1. The van der Waals surface area contributed by atoms with Crippen molar-refractivity contribution in [1.29, 1.82) is 0 Å². The van der Waals surface area contributed by atoms with Crippen molar-refractivity contribution >= 4 is 23.4 Å². The molecule has 0 saturated heterocycles. The van der Waals surface area contributed by atoms with E-state index in [9.17, 15) is 9.59 Å². The molecule has 0 bridgehead atoms. The number of benzene rings is 2. The predicted molar refractivity (Wildman–Crippen MR) is 82.9 cm³/mol. The zero-order valence-electron chi connectivity index (χ0n) is 11.3. The number of aliphatic carboxylic acids is 1. The van der Waals surface area contributed by atoms with E-state index in [1.165, 1.54) is 6.08 Å². The smallest absolute Gasteiger partial charge is 0.328 e. The third-order valence-electron chi connectivity index (χ3n) is 2.99. The van der Waals surface area contributed by atoms with E-state index in [1.54, 1.807) is 24.3 Å². The Hall–Kier alpha value is -2.94. The van der Waals surface area contributed by atoms with Gasteiger partial charge in [-0.25, -0.2) is 4.79 Å². The lowest BCUT2D eigenvalue weighted by molar-refractivity contribution is -0.131. The minimum atomic E-state index is -1.01. The van der Waals surface area contributed by atoms with Crippen molar-refractivity contribution in [2.75, 3.05) is 0 Å². The Morgan fingerprint density at radius 1 is 0.905 bits per heavy atom. The van der Waals surface area contributed by atoms with Gasteiger partial charge in [0.25, 0.3) is 0 Å². The topological polar surface area (TPSA) is 54.4 Å². The van der Waals surface area contributed by atoms with Crippen molar-refractivity contribution in [2.45, 2.75) is 0 Å². The highest BCUT2D eigenvalue weighted by Crippen LogP contribution is 2.18. The molecule has 0 aromatic heterocycles. The van der Waals surface area contributed by atoms with Crippen LogP contribution in [0.15, 0.2) is 67.3 Å². The second-order valence-corrected chi connectivity index (χ2v) is 4.47. The van der Waals surface area contributed by atoms with E-state index in [2.05, 4.69) is 6.58 Å². The summed E-state index contributed by atoms with van der Waals surface area (Å²) in [5.41, 5.74) is 2.47. The average Bonchev–Trinajstić information content (AvgIpc) is 2.53. The molecule has 0 amide bonds. The number of allylic oxidation sites excluding steroid dienone is 1. The van der Waals surface area contributed by atoms with Crippen LogP contribution in [0.5, 0.6) is 0 Å². The Kier molecular flexibility index (Phi) is 4.46. The predicted octanol–water partition coefficient (Wildman–Crippen LogP) is 3.68. The van der Waals surface area contributed by atoms with Gasteiger partial charge in [0.2, 0.25) is 0 Å². The van der Waals surface area contributed by atoms with Crippen LogP contribution in [0, 0.1) is 0 Å². The molecule has 0 fully saturated rings. The van der Waals surface area contributed by atoms with Gasteiger partial charge in [0.15, 0.2) is 5.78 Å². The Balaban J connectivity index is 2.17. The van der Waals surface area contributed by atoms with Gasteiger partial charge in [-0.3, -0.25) is 4.79 Å². The van der Waals surface area contributed by atoms with Gasteiger partial charge in [0.1, 0.15) is 0 Å². The van der Waals surface area contributed by atoms with Crippen LogP contribution in [0.3, 0.4) is 0 Å². The van der Waals surface area contributed by atoms with Crippen molar-refractivity contribution in [1.82, 2.24) is 0 Å². The molecular formula is C18H14O3. The number of Topliss-reactive ketones (excluding diaryl/α,β-unsaturated/α-hetero) is 1. The van der Waals surface area contributed by atoms with E-state index < -0.39 is 5.97 Å². The van der Waals surface area contributed by atoms with Crippen molar-refractivity contribution in [3.8, 4) is 0 Å². The van der Waals surface area contributed by atoms with Gasteiger partial charge in [0.05, 0.1) is 0 Å². The zero-order valence-corrected chi connectivity index (χ0v) is 11.3. The number of carboxylic acids is 1. The van der Waals surface area contributed by atoms with Gasteiger partial charge >= 0.3 is 5.97 Å². The first-order valence-electron chi connectivity index (χ1n) is 6.38. The van der Waals surface area contributed by atoms with Crippen molar-refractivity contribution < 1.29 is 14.7 Å². The van der Waals surface area contributed by atoms with E-state index in [0.717, 1.165) is 17.2 Å². The van der Waals surface area contributed by atoms with Crippen molar-refractivity contribution in [3.63, 3.8) is 0 Å². The van der Waals surface area contributed by atoms with Gasteiger partial charge < -0.3 is 5.11 Å². The Morgan fingerprint density at radius 3 is 2.10 bits per heavy atom. The molecule has 0 aliphatic rings. The number of ketones is 1. The first-order chi connectivity index (χ1) is 10.1. The Morgan fingerprint density at radius 2 is 1.52 bits per heavy atom. The molecule has 2 aromatic carbocycles. The number of hydrogen-bond donors (Lipinski definition) is 1. The van der Waals surface area contributed by atoms with Gasteiger partial charge in [-0.2, -0.15) is 0 Å². The quantitative estimate of drug-likeness (QED) is 0.670. The van der Waals surface area contributed by atoms with Crippen LogP contribution >= 0.6 is 0 Å². The van der Waals surface area contributed by atoms with Gasteiger partial charge in [-0.1, -0.05) is 61.2 Å². The van der Waals surface area contributed by atoms with E-state index >= 15 is 0 Å². The standard InChI is InChI=1S/C18H14O3/c1-13(15-5-3-2-4-6-15)18(21)16-10-7-14(8-11-16)9-12-17(19)20/h2-12H,1H2,(H,19,20)/b12-9+. The maximum absolute atomic E-state index is 12.3. The minimum Gasteiger partial charge on any atom is -0.478 e. The van der Waals surface area contributed by atoms with Crippen LogP contribution in [0.4, 0.5) is 0 Å². The summed E-state index contributed by atoms with van der Waals surface area (Å²) in [5, 5.41) is 8.56. The molecule has 104 valence electrons. The van der Waals surface area contributed by atoms with E-state index in [4.69, 9.17) is 5.11 Å². The molecule has 1 N–H and O–H groups in total. The highest BCUT2D eigenvalue weighted by molar-refractivity contribution is 6.28. The average molecular weight is 278 g/mol. The lowest BCUT2D eigenvalue weighted by atomic mass is 9.97. The molecule has 0 aliphatic heterocycles. The first-order valence-corrected chi connectivity index (χ1v) is 6.38. The molecule has 2 aromatic rings. The molecule has 0 unspecified atom stereocenters.